The Labute approximate surface area is 261 Å². The number of methoxy groups -OCH3 is 1. The molecule has 4 rings (SSSR count). The molecule has 1 aromatic heterocycles. The van der Waals surface area contributed by atoms with Crippen molar-refractivity contribution in [3.8, 4) is 5.75 Å². The largest absolute Gasteiger partial charge is 0.497 e. The number of hydrogen-bond acceptors (Lipinski definition) is 10. The molecule has 232 valence electrons. The Kier molecular flexibility index (Phi) is 11.6. The standard InChI is InChI=1S/C31H39ClN4O6S/c1-22-26(27-19-25(40-4)9-10-28(27)36(22)30(38)23-5-7-24(32)8-6-23)20-29(37)42-18-17-41-16-15-34-11-13-35(14-12-34)21-31(2,3)43-33-39/h5-10,19H,11-18,20-21H2,1-4H3. The fourth-order valence-electron chi connectivity index (χ4n) is 5.34. The van der Waals surface area contributed by atoms with Crippen molar-refractivity contribution in [3.63, 3.8) is 0 Å². The molecule has 0 amide bonds. The van der Waals surface area contributed by atoms with Crippen LogP contribution in [0.15, 0.2) is 47.0 Å². The average Bonchev–Trinajstić information content (AvgIpc) is 3.25. The van der Waals surface area contributed by atoms with Gasteiger partial charge in [0.05, 0.1) is 32.3 Å². The highest BCUT2D eigenvalue weighted by Gasteiger charge is 2.26. The second-order valence-electron chi connectivity index (χ2n) is 11.1. The second kappa shape index (κ2) is 15.2. The van der Waals surface area contributed by atoms with Crippen LogP contribution in [0.25, 0.3) is 10.9 Å². The number of esters is 1. The van der Waals surface area contributed by atoms with Gasteiger partial charge in [-0.2, -0.15) is 0 Å². The zero-order valence-electron chi connectivity index (χ0n) is 25.1. The third kappa shape index (κ3) is 8.79. The number of nitrogens with zero attached hydrogens (tertiary/aromatic N) is 4. The summed E-state index contributed by atoms with van der Waals surface area (Å²) in [6.07, 6.45) is 0.0128. The first-order valence-electron chi connectivity index (χ1n) is 14.3. The topological polar surface area (TPSA) is 103 Å². The Bertz CT molecular complexity index is 1420. The molecule has 0 saturated carbocycles. The van der Waals surface area contributed by atoms with E-state index in [1.165, 1.54) is 0 Å². The van der Waals surface area contributed by atoms with Crippen LogP contribution in [-0.2, 0) is 20.7 Å². The van der Waals surface area contributed by atoms with Crippen molar-refractivity contribution in [1.82, 2.24) is 14.4 Å². The van der Waals surface area contributed by atoms with Crippen molar-refractivity contribution < 1.29 is 23.8 Å². The monoisotopic (exact) mass is 630 g/mol. The van der Waals surface area contributed by atoms with E-state index in [9.17, 15) is 14.5 Å². The zero-order chi connectivity index (χ0) is 31.0. The van der Waals surface area contributed by atoms with Gasteiger partial charge in [-0.1, -0.05) is 11.6 Å². The molecule has 1 aliphatic heterocycles. The van der Waals surface area contributed by atoms with Gasteiger partial charge in [0.2, 0.25) is 0 Å². The van der Waals surface area contributed by atoms with Crippen molar-refractivity contribution in [2.75, 3.05) is 66.2 Å². The molecule has 2 heterocycles. The van der Waals surface area contributed by atoms with Gasteiger partial charge in [-0.15, -0.1) is 4.91 Å². The summed E-state index contributed by atoms with van der Waals surface area (Å²) in [5, 5.41) is 1.31. The quantitative estimate of drug-likeness (QED) is 0.103. The molecule has 0 N–H and O–H groups in total. The minimum atomic E-state index is -0.394. The predicted molar refractivity (Wildman–Crippen MR) is 170 cm³/mol. The summed E-state index contributed by atoms with van der Waals surface area (Å²) in [5.41, 5.74) is 2.55. The molecule has 3 aromatic rings. The first kappa shape index (κ1) is 32.9. The minimum Gasteiger partial charge on any atom is -0.497 e. The summed E-state index contributed by atoms with van der Waals surface area (Å²) in [7, 11) is 1.58. The zero-order valence-corrected chi connectivity index (χ0v) is 26.7. The van der Waals surface area contributed by atoms with Gasteiger partial charge in [-0.05, 0) is 68.8 Å². The Balaban J connectivity index is 1.26. The number of rotatable bonds is 14. The van der Waals surface area contributed by atoms with Crippen LogP contribution < -0.4 is 4.74 Å². The van der Waals surface area contributed by atoms with Crippen LogP contribution in [0.3, 0.4) is 0 Å². The molecule has 0 radical (unpaired) electrons. The fourth-order valence-corrected chi connectivity index (χ4v) is 5.91. The molecule has 0 unspecified atom stereocenters. The van der Waals surface area contributed by atoms with Crippen LogP contribution >= 0.6 is 23.5 Å². The first-order chi connectivity index (χ1) is 20.6. The number of nitroso groups, excluding NO2 is 1. The van der Waals surface area contributed by atoms with E-state index in [0.29, 0.717) is 46.3 Å². The molecule has 1 aliphatic rings. The van der Waals surface area contributed by atoms with Crippen molar-refractivity contribution in [1.29, 1.82) is 0 Å². The summed E-state index contributed by atoms with van der Waals surface area (Å²) >= 11 is 7.10. The third-order valence-electron chi connectivity index (χ3n) is 7.55. The van der Waals surface area contributed by atoms with E-state index in [0.717, 1.165) is 56.6 Å². The van der Waals surface area contributed by atoms with Crippen molar-refractivity contribution >= 4 is 46.3 Å². The van der Waals surface area contributed by atoms with Crippen LogP contribution in [0.1, 0.15) is 35.5 Å². The highest BCUT2D eigenvalue weighted by molar-refractivity contribution is 7.99. The van der Waals surface area contributed by atoms with Crippen LogP contribution in [0.2, 0.25) is 5.02 Å². The number of halogens is 1. The molecule has 43 heavy (non-hydrogen) atoms. The third-order valence-corrected chi connectivity index (χ3v) is 8.50. The van der Waals surface area contributed by atoms with Gasteiger partial charge in [-0.25, -0.2) is 0 Å². The van der Waals surface area contributed by atoms with Crippen molar-refractivity contribution in [2.45, 2.75) is 31.9 Å². The highest BCUT2D eigenvalue weighted by Crippen LogP contribution is 2.31. The molecule has 2 aromatic carbocycles. The van der Waals surface area contributed by atoms with Crippen LogP contribution in [0.5, 0.6) is 5.75 Å². The number of benzene rings is 2. The van der Waals surface area contributed by atoms with Gasteiger partial charge in [-0.3, -0.25) is 24.0 Å². The minimum absolute atomic E-state index is 0.0128. The van der Waals surface area contributed by atoms with E-state index in [-0.39, 0.29) is 23.7 Å². The van der Waals surface area contributed by atoms with Gasteiger partial charge in [0, 0.05) is 82.2 Å². The Morgan fingerprint density at radius 1 is 1.00 bits per heavy atom. The van der Waals surface area contributed by atoms with E-state index < -0.39 is 5.97 Å². The lowest BCUT2D eigenvalue weighted by atomic mass is 10.1. The van der Waals surface area contributed by atoms with Gasteiger partial charge >= 0.3 is 5.97 Å². The number of piperazine rings is 1. The lowest BCUT2D eigenvalue weighted by Gasteiger charge is -2.37. The molecule has 0 atom stereocenters. The second-order valence-corrected chi connectivity index (χ2v) is 13.0. The number of fused-ring (bicyclic) bond motifs is 1. The van der Waals surface area contributed by atoms with E-state index in [1.54, 1.807) is 42.0 Å². The van der Waals surface area contributed by atoms with E-state index >= 15 is 0 Å². The Morgan fingerprint density at radius 2 is 1.70 bits per heavy atom. The molecule has 0 aliphatic carbocycles. The van der Waals surface area contributed by atoms with Gasteiger partial charge in [0.1, 0.15) is 12.4 Å². The molecule has 12 heteroatoms. The number of ether oxygens (including phenoxy) is 3. The van der Waals surface area contributed by atoms with Crippen molar-refractivity contribution in [2.24, 2.45) is 4.58 Å². The maximum atomic E-state index is 13.5. The first-order valence-corrected chi connectivity index (χ1v) is 15.4. The molecule has 1 fully saturated rings. The summed E-state index contributed by atoms with van der Waals surface area (Å²) in [5.74, 6) is 0.0253. The molecule has 0 spiro atoms. The van der Waals surface area contributed by atoms with E-state index in [2.05, 4.69) is 14.4 Å². The average molecular weight is 631 g/mol. The lowest BCUT2D eigenvalue weighted by molar-refractivity contribution is -0.144. The van der Waals surface area contributed by atoms with E-state index in [1.807, 2.05) is 32.9 Å². The van der Waals surface area contributed by atoms with Gasteiger partial charge in [0.15, 0.2) is 0 Å². The summed E-state index contributed by atoms with van der Waals surface area (Å²) in [6.45, 7) is 12.3. The fraction of sp³-hybridized carbons (Fsp3) is 0.484. The number of carbonyl (C=O) groups excluding carboxylic acids is 2. The van der Waals surface area contributed by atoms with E-state index in [4.69, 9.17) is 25.8 Å². The van der Waals surface area contributed by atoms with Crippen LogP contribution in [-0.4, -0.2) is 97.2 Å². The van der Waals surface area contributed by atoms with Crippen LogP contribution in [0, 0.1) is 11.8 Å². The number of aromatic nitrogens is 1. The number of carbonyl (C=O) groups is 2. The highest BCUT2D eigenvalue weighted by atomic mass is 35.5. The molecular weight excluding hydrogens is 592 g/mol. The molecule has 10 nitrogen and oxygen atoms in total. The smallest absolute Gasteiger partial charge is 0.310 e. The predicted octanol–water partition coefficient (Wildman–Crippen LogP) is 5.21. The normalized spacial score (nSPS) is 14.6. The van der Waals surface area contributed by atoms with Gasteiger partial charge < -0.3 is 14.2 Å². The molecular formula is C31H39ClN4O6S. The van der Waals surface area contributed by atoms with Crippen molar-refractivity contribution in [3.05, 3.63) is 69.2 Å². The maximum Gasteiger partial charge on any atom is 0.310 e. The summed E-state index contributed by atoms with van der Waals surface area (Å²) < 4.78 is 21.0. The summed E-state index contributed by atoms with van der Waals surface area (Å²) in [4.78, 5) is 41.6. The van der Waals surface area contributed by atoms with Crippen LogP contribution in [0.4, 0.5) is 0 Å². The molecule has 1 saturated heterocycles. The number of hydrogen-bond donors (Lipinski definition) is 0. The SMILES string of the molecule is COc1ccc2c(c1)c(CC(=O)OCCOCCN1CCN(CC(C)(C)SN=O)CC1)c(C)n2C(=O)c1ccc(Cl)cc1. The Hall–Kier alpha value is -2.96. The Morgan fingerprint density at radius 3 is 2.37 bits per heavy atom. The summed E-state index contributed by atoms with van der Waals surface area (Å²) in [6, 6.07) is 12.2. The maximum absolute atomic E-state index is 13.5. The van der Waals surface area contributed by atoms with Gasteiger partial charge in [0.25, 0.3) is 5.91 Å². The molecule has 0 bridgehead atoms. The lowest BCUT2D eigenvalue weighted by Crippen LogP contribution is -2.50.